The molecule has 0 aliphatic carbocycles. The van der Waals surface area contributed by atoms with Gasteiger partial charge in [0.05, 0.1) is 13.6 Å². The first-order valence-corrected chi connectivity index (χ1v) is 14.3. The fraction of sp³-hybridized carbons (Fsp3) is 0.897. The number of aryl methyl sites for hydroxylation is 2. The zero-order valence-electron chi connectivity index (χ0n) is 21.8. The Bertz CT molecular complexity index is 491. The Balaban J connectivity index is 1.94. The number of aromatic nitrogens is 2. The molecule has 1 aromatic heterocycles. The summed E-state index contributed by atoms with van der Waals surface area (Å²) < 4.78 is 4.87. The molecular formula is C29H57N2+. The zero-order valence-corrected chi connectivity index (χ0v) is 21.8. The van der Waals surface area contributed by atoms with Crippen LogP contribution in [0.15, 0.2) is 12.4 Å². The Morgan fingerprint density at radius 1 is 0.548 bits per heavy atom. The summed E-state index contributed by atoms with van der Waals surface area (Å²) in [5.41, 5.74) is 0. The quantitative estimate of drug-likeness (QED) is 0.120. The molecule has 0 aromatic carbocycles. The summed E-state index contributed by atoms with van der Waals surface area (Å²) in [5, 5.41) is 0. The standard InChI is InChI=1S/C29H57N2/c1-4-6-8-10-12-13-14-15-16-17-18-19-20-21-23-25-29-30(3)27-28-31(29)26-24-22-11-9-7-5-2/h27-28H,4-26H2,1-3H3/q+1. The van der Waals surface area contributed by atoms with E-state index >= 15 is 0 Å². The lowest BCUT2D eigenvalue weighted by Crippen LogP contribution is -2.37. The van der Waals surface area contributed by atoms with Crippen molar-refractivity contribution in [1.82, 2.24) is 4.57 Å². The van der Waals surface area contributed by atoms with Gasteiger partial charge in [0, 0.05) is 6.42 Å². The van der Waals surface area contributed by atoms with Crippen LogP contribution in [0.4, 0.5) is 0 Å². The van der Waals surface area contributed by atoms with E-state index in [9.17, 15) is 0 Å². The van der Waals surface area contributed by atoms with Gasteiger partial charge in [0.25, 0.3) is 5.82 Å². The third kappa shape index (κ3) is 15.6. The topological polar surface area (TPSA) is 8.81 Å². The van der Waals surface area contributed by atoms with Crippen molar-refractivity contribution in [3.05, 3.63) is 18.2 Å². The van der Waals surface area contributed by atoms with Crippen LogP contribution >= 0.6 is 0 Å². The largest absolute Gasteiger partial charge is 0.256 e. The van der Waals surface area contributed by atoms with Gasteiger partial charge in [0.2, 0.25) is 0 Å². The van der Waals surface area contributed by atoms with Gasteiger partial charge in [0.1, 0.15) is 12.4 Å². The molecule has 2 heteroatoms. The van der Waals surface area contributed by atoms with Crippen molar-refractivity contribution in [3.8, 4) is 0 Å². The molecule has 1 heterocycles. The van der Waals surface area contributed by atoms with Crippen LogP contribution in [0.2, 0.25) is 0 Å². The summed E-state index contributed by atoms with van der Waals surface area (Å²) >= 11 is 0. The smallest absolute Gasteiger partial charge is 0.237 e. The molecule has 1 aromatic rings. The minimum Gasteiger partial charge on any atom is -0.237 e. The van der Waals surface area contributed by atoms with E-state index in [4.69, 9.17) is 0 Å². The Morgan fingerprint density at radius 3 is 1.39 bits per heavy atom. The summed E-state index contributed by atoms with van der Waals surface area (Å²) in [6.45, 7) is 5.81. The lowest BCUT2D eigenvalue weighted by Gasteiger charge is -2.05. The first-order valence-electron chi connectivity index (χ1n) is 14.3. The van der Waals surface area contributed by atoms with Crippen LogP contribution in [-0.4, -0.2) is 4.57 Å². The van der Waals surface area contributed by atoms with Crippen molar-refractivity contribution in [2.75, 3.05) is 0 Å². The molecule has 31 heavy (non-hydrogen) atoms. The number of rotatable bonds is 23. The van der Waals surface area contributed by atoms with Crippen molar-refractivity contribution in [2.24, 2.45) is 7.05 Å². The van der Waals surface area contributed by atoms with E-state index in [0.29, 0.717) is 0 Å². The van der Waals surface area contributed by atoms with Crippen LogP contribution in [0.3, 0.4) is 0 Å². The molecular weight excluding hydrogens is 376 g/mol. The van der Waals surface area contributed by atoms with E-state index in [1.165, 1.54) is 154 Å². The molecule has 2 nitrogen and oxygen atoms in total. The molecule has 182 valence electrons. The summed E-state index contributed by atoms with van der Waals surface area (Å²) in [5.74, 6) is 1.53. The average Bonchev–Trinajstić information content (AvgIpc) is 3.12. The number of hydrogen-bond acceptors (Lipinski definition) is 0. The fourth-order valence-corrected chi connectivity index (χ4v) is 4.80. The van der Waals surface area contributed by atoms with E-state index in [1.807, 2.05) is 0 Å². The van der Waals surface area contributed by atoms with Gasteiger partial charge in [-0.25, -0.2) is 9.13 Å². The van der Waals surface area contributed by atoms with Crippen molar-refractivity contribution >= 4 is 0 Å². The Kier molecular flexibility index (Phi) is 19.2. The van der Waals surface area contributed by atoms with Gasteiger partial charge < -0.3 is 0 Å². The Hall–Kier alpha value is -0.790. The monoisotopic (exact) mass is 433 g/mol. The summed E-state index contributed by atoms with van der Waals surface area (Å²) in [7, 11) is 2.22. The number of unbranched alkanes of at least 4 members (excludes halogenated alkanes) is 19. The van der Waals surface area contributed by atoms with Gasteiger partial charge in [-0.3, -0.25) is 0 Å². The third-order valence-electron chi connectivity index (χ3n) is 6.97. The molecule has 0 fully saturated rings. The molecule has 0 unspecified atom stereocenters. The second-order valence-corrected chi connectivity index (χ2v) is 9.99. The molecule has 1 rings (SSSR count). The Labute approximate surface area is 196 Å². The molecule has 0 spiro atoms. The van der Waals surface area contributed by atoms with E-state index in [0.717, 1.165) is 0 Å². The molecule has 0 radical (unpaired) electrons. The summed E-state index contributed by atoms with van der Waals surface area (Å²) in [6, 6.07) is 0. The SMILES string of the molecule is CCCCCCCCCCCCCCCCCc1n(C)cc[n+]1CCCCCCCC. The molecule has 0 bridgehead atoms. The molecule has 0 N–H and O–H groups in total. The maximum atomic E-state index is 2.52. The van der Waals surface area contributed by atoms with Crippen LogP contribution in [0, 0.1) is 0 Å². The van der Waals surface area contributed by atoms with Gasteiger partial charge in [-0.05, 0) is 19.3 Å². The second-order valence-electron chi connectivity index (χ2n) is 9.99. The fourth-order valence-electron chi connectivity index (χ4n) is 4.80. The molecule has 0 amide bonds. The molecule has 0 saturated carbocycles. The highest BCUT2D eigenvalue weighted by molar-refractivity contribution is 4.82. The predicted molar refractivity (Wildman–Crippen MR) is 138 cm³/mol. The van der Waals surface area contributed by atoms with E-state index in [-0.39, 0.29) is 0 Å². The van der Waals surface area contributed by atoms with E-state index in [2.05, 4.69) is 42.4 Å². The van der Waals surface area contributed by atoms with Crippen molar-refractivity contribution in [2.45, 2.75) is 162 Å². The summed E-state index contributed by atoms with van der Waals surface area (Å²) in [6.07, 6.45) is 35.7. The maximum absolute atomic E-state index is 2.52. The molecule has 0 aliphatic rings. The van der Waals surface area contributed by atoms with Crippen LogP contribution in [0.1, 0.15) is 155 Å². The maximum Gasteiger partial charge on any atom is 0.256 e. The third-order valence-corrected chi connectivity index (χ3v) is 6.97. The van der Waals surface area contributed by atoms with Gasteiger partial charge >= 0.3 is 0 Å². The van der Waals surface area contributed by atoms with Crippen LogP contribution in [-0.2, 0) is 20.0 Å². The Morgan fingerprint density at radius 2 is 0.935 bits per heavy atom. The highest BCUT2D eigenvalue weighted by Crippen LogP contribution is 2.14. The molecule has 0 atom stereocenters. The van der Waals surface area contributed by atoms with Gasteiger partial charge in [-0.1, -0.05) is 129 Å². The van der Waals surface area contributed by atoms with Gasteiger partial charge in [-0.2, -0.15) is 0 Å². The normalized spacial score (nSPS) is 11.5. The van der Waals surface area contributed by atoms with Gasteiger partial charge in [-0.15, -0.1) is 0 Å². The van der Waals surface area contributed by atoms with Gasteiger partial charge in [0.15, 0.2) is 0 Å². The highest BCUT2D eigenvalue weighted by Gasteiger charge is 2.13. The van der Waals surface area contributed by atoms with E-state index in [1.54, 1.807) is 0 Å². The van der Waals surface area contributed by atoms with Crippen molar-refractivity contribution in [3.63, 3.8) is 0 Å². The molecule has 0 aliphatic heterocycles. The van der Waals surface area contributed by atoms with Crippen LogP contribution in [0.25, 0.3) is 0 Å². The molecule has 0 saturated heterocycles. The highest BCUT2D eigenvalue weighted by atomic mass is 15.1. The minimum absolute atomic E-state index is 1.21. The average molecular weight is 434 g/mol. The second kappa shape index (κ2) is 21.1. The number of hydrogen-bond donors (Lipinski definition) is 0. The number of nitrogens with zero attached hydrogens (tertiary/aromatic N) is 2. The lowest BCUT2D eigenvalue weighted by molar-refractivity contribution is -0.704. The van der Waals surface area contributed by atoms with E-state index < -0.39 is 0 Å². The van der Waals surface area contributed by atoms with Crippen LogP contribution < -0.4 is 4.57 Å². The zero-order chi connectivity index (χ0) is 22.4. The minimum atomic E-state index is 1.21. The number of imidazole rings is 1. The van der Waals surface area contributed by atoms with Crippen molar-refractivity contribution in [1.29, 1.82) is 0 Å². The first-order chi connectivity index (χ1) is 15.3. The van der Waals surface area contributed by atoms with Crippen molar-refractivity contribution < 1.29 is 4.57 Å². The van der Waals surface area contributed by atoms with Crippen LogP contribution in [0.5, 0.6) is 0 Å². The summed E-state index contributed by atoms with van der Waals surface area (Å²) in [4.78, 5) is 0. The predicted octanol–water partition coefficient (Wildman–Crippen LogP) is 9.09. The lowest BCUT2D eigenvalue weighted by atomic mass is 10.0. The first kappa shape index (κ1) is 28.2.